The third-order valence-corrected chi connectivity index (χ3v) is 5.99. The van der Waals surface area contributed by atoms with Crippen LogP contribution in [0.25, 0.3) is 17.0 Å². The molecule has 1 aromatic carbocycles. The van der Waals surface area contributed by atoms with Crippen LogP contribution in [0.1, 0.15) is 17.4 Å². The summed E-state index contributed by atoms with van der Waals surface area (Å²) in [4.78, 5) is 33.4. The fraction of sp³-hybridized carbons (Fsp3) is 0.273. The monoisotopic (exact) mass is 393 g/mol. The number of piperazine rings is 1. The number of amides is 2. The molecular weight excluding hydrogens is 370 g/mol. The Hall–Kier alpha value is -2.86. The molecule has 5 nitrogen and oxygen atoms in total. The number of hydrogen-bond donors (Lipinski definition) is 1. The van der Waals surface area contributed by atoms with E-state index >= 15 is 0 Å². The quantitative estimate of drug-likeness (QED) is 0.689. The Labute approximate surface area is 168 Å². The zero-order valence-electron chi connectivity index (χ0n) is 15.9. The van der Waals surface area contributed by atoms with E-state index in [0.29, 0.717) is 32.6 Å². The normalized spacial score (nSPS) is 15.2. The fourth-order valence-corrected chi connectivity index (χ4v) is 4.33. The van der Waals surface area contributed by atoms with E-state index in [1.165, 1.54) is 0 Å². The van der Waals surface area contributed by atoms with Crippen LogP contribution in [0, 0.1) is 0 Å². The third-order valence-electron chi connectivity index (χ3n) is 5.18. The standard InChI is InChI=1S/C22H23N3O2S/c1-16(13-18-5-4-12-28-18)22(27)25-10-8-24(9-11-25)21(26)14-17-15-23-20-7-3-2-6-19(17)20/h2-7,12-13,15,23H,8-11,14H2,1H3/b16-13+. The van der Waals surface area contributed by atoms with Crippen molar-refractivity contribution in [3.05, 3.63) is 64.0 Å². The van der Waals surface area contributed by atoms with Gasteiger partial charge in [0.15, 0.2) is 0 Å². The number of benzene rings is 1. The van der Waals surface area contributed by atoms with Crippen LogP contribution in [-0.2, 0) is 16.0 Å². The molecule has 0 radical (unpaired) electrons. The van der Waals surface area contributed by atoms with E-state index in [-0.39, 0.29) is 11.8 Å². The molecule has 0 unspecified atom stereocenters. The molecule has 3 aromatic rings. The van der Waals surface area contributed by atoms with Crippen molar-refractivity contribution in [2.24, 2.45) is 0 Å². The van der Waals surface area contributed by atoms with E-state index in [1.54, 1.807) is 11.3 Å². The minimum Gasteiger partial charge on any atom is -0.361 e. The van der Waals surface area contributed by atoms with E-state index in [9.17, 15) is 9.59 Å². The number of para-hydroxylation sites is 1. The van der Waals surface area contributed by atoms with Crippen LogP contribution in [-0.4, -0.2) is 52.8 Å². The molecule has 0 bridgehead atoms. The van der Waals surface area contributed by atoms with Gasteiger partial charge in [0.2, 0.25) is 11.8 Å². The summed E-state index contributed by atoms with van der Waals surface area (Å²) in [6.07, 6.45) is 4.23. The van der Waals surface area contributed by atoms with E-state index in [1.807, 2.05) is 70.8 Å². The number of nitrogens with zero attached hydrogens (tertiary/aromatic N) is 2. The highest BCUT2D eigenvalue weighted by Crippen LogP contribution is 2.19. The summed E-state index contributed by atoms with van der Waals surface area (Å²) in [5, 5.41) is 3.10. The summed E-state index contributed by atoms with van der Waals surface area (Å²) in [5.41, 5.74) is 2.81. The molecule has 0 saturated carbocycles. The smallest absolute Gasteiger partial charge is 0.249 e. The molecule has 28 heavy (non-hydrogen) atoms. The van der Waals surface area contributed by atoms with Crippen molar-refractivity contribution in [3.8, 4) is 0 Å². The number of aromatic nitrogens is 1. The lowest BCUT2D eigenvalue weighted by Crippen LogP contribution is -2.51. The van der Waals surface area contributed by atoms with Gasteiger partial charge in [0.25, 0.3) is 0 Å². The van der Waals surface area contributed by atoms with Gasteiger partial charge in [-0.3, -0.25) is 9.59 Å². The molecule has 1 aliphatic heterocycles. The van der Waals surface area contributed by atoms with Gasteiger partial charge in [0, 0.05) is 53.7 Å². The Morgan fingerprint density at radius 1 is 1.07 bits per heavy atom. The average molecular weight is 394 g/mol. The molecular formula is C22H23N3O2S. The number of thiophene rings is 1. The molecule has 0 aliphatic carbocycles. The zero-order valence-corrected chi connectivity index (χ0v) is 16.7. The van der Waals surface area contributed by atoms with Crippen LogP contribution in [0.4, 0.5) is 0 Å². The van der Waals surface area contributed by atoms with Crippen LogP contribution in [0.2, 0.25) is 0 Å². The molecule has 144 valence electrons. The average Bonchev–Trinajstić information content (AvgIpc) is 3.38. The van der Waals surface area contributed by atoms with Crippen LogP contribution in [0.5, 0.6) is 0 Å². The number of carbonyl (C=O) groups is 2. The number of carbonyl (C=O) groups excluding carboxylic acids is 2. The van der Waals surface area contributed by atoms with Crippen LogP contribution in [0.15, 0.2) is 53.5 Å². The van der Waals surface area contributed by atoms with Gasteiger partial charge < -0.3 is 14.8 Å². The number of nitrogens with one attached hydrogen (secondary N) is 1. The Kier molecular flexibility index (Phi) is 5.30. The topological polar surface area (TPSA) is 56.4 Å². The van der Waals surface area contributed by atoms with Crippen molar-refractivity contribution in [2.75, 3.05) is 26.2 Å². The van der Waals surface area contributed by atoms with Crippen molar-refractivity contribution >= 4 is 40.1 Å². The first kappa shape index (κ1) is 18.5. The molecule has 1 N–H and O–H groups in total. The second kappa shape index (κ2) is 8.02. The maximum atomic E-state index is 12.7. The minimum absolute atomic E-state index is 0.0529. The first-order chi connectivity index (χ1) is 13.6. The SMILES string of the molecule is C/C(=C\c1cccs1)C(=O)N1CCN(C(=O)Cc2c[nH]c3ccccc23)CC1. The maximum Gasteiger partial charge on any atom is 0.249 e. The van der Waals surface area contributed by atoms with Gasteiger partial charge in [-0.1, -0.05) is 24.3 Å². The van der Waals surface area contributed by atoms with E-state index in [2.05, 4.69) is 4.98 Å². The van der Waals surface area contributed by atoms with Gasteiger partial charge in [-0.05, 0) is 36.1 Å². The van der Waals surface area contributed by atoms with Crippen molar-refractivity contribution in [3.63, 3.8) is 0 Å². The molecule has 6 heteroatoms. The van der Waals surface area contributed by atoms with E-state index in [0.717, 1.165) is 26.9 Å². The predicted octanol–water partition coefficient (Wildman–Crippen LogP) is 3.55. The summed E-state index contributed by atoms with van der Waals surface area (Å²) in [6.45, 7) is 4.18. The van der Waals surface area contributed by atoms with Crippen LogP contribution >= 0.6 is 11.3 Å². The predicted molar refractivity (Wildman–Crippen MR) is 113 cm³/mol. The van der Waals surface area contributed by atoms with Gasteiger partial charge in [0.05, 0.1) is 6.42 Å². The lowest BCUT2D eigenvalue weighted by molar-refractivity contribution is -0.137. The first-order valence-corrected chi connectivity index (χ1v) is 10.3. The number of hydrogen-bond acceptors (Lipinski definition) is 3. The third kappa shape index (κ3) is 3.87. The maximum absolute atomic E-state index is 12.7. The lowest BCUT2D eigenvalue weighted by Gasteiger charge is -2.35. The van der Waals surface area contributed by atoms with Gasteiger partial charge in [-0.15, -0.1) is 11.3 Å². The Morgan fingerprint density at radius 3 is 2.57 bits per heavy atom. The van der Waals surface area contributed by atoms with Gasteiger partial charge in [0.1, 0.15) is 0 Å². The number of aromatic amines is 1. The molecule has 4 rings (SSSR count). The summed E-state index contributed by atoms with van der Waals surface area (Å²) in [7, 11) is 0. The first-order valence-electron chi connectivity index (χ1n) is 9.45. The van der Waals surface area contributed by atoms with E-state index < -0.39 is 0 Å². The summed E-state index contributed by atoms with van der Waals surface area (Å²) < 4.78 is 0. The summed E-state index contributed by atoms with van der Waals surface area (Å²) >= 11 is 1.62. The van der Waals surface area contributed by atoms with E-state index in [4.69, 9.17) is 0 Å². The van der Waals surface area contributed by atoms with Crippen LogP contribution in [0.3, 0.4) is 0 Å². The second-order valence-corrected chi connectivity index (χ2v) is 8.03. The van der Waals surface area contributed by atoms with Crippen LogP contribution < -0.4 is 0 Å². The highest BCUT2D eigenvalue weighted by Gasteiger charge is 2.25. The Balaban J connectivity index is 1.34. The van der Waals surface area contributed by atoms with Gasteiger partial charge in [-0.2, -0.15) is 0 Å². The second-order valence-electron chi connectivity index (χ2n) is 7.05. The largest absolute Gasteiger partial charge is 0.361 e. The molecule has 0 atom stereocenters. The Morgan fingerprint density at radius 2 is 1.82 bits per heavy atom. The molecule has 2 amide bonds. The zero-order chi connectivity index (χ0) is 19.5. The highest BCUT2D eigenvalue weighted by molar-refractivity contribution is 7.10. The lowest BCUT2D eigenvalue weighted by atomic mass is 10.1. The fourth-order valence-electron chi connectivity index (χ4n) is 3.61. The van der Waals surface area contributed by atoms with Crippen molar-refractivity contribution in [1.82, 2.24) is 14.8 Å². The van der Waals surface area contributed by atoms with Crippen molar-refractivity contribution in [2.45, 2.75) is 13.3 Å². The summed E-state index contributed by atoms with van der Waals surface area (Å²) in [5.74, 6) is 0.167. The van der Waals surface area contributed by atoms with Crippen molar-refractivity contribution < 1.29 is 9.59 Å². The molecule has 2 aromatic heterocycles. The Bertz CT molecular complexity index is 1010. The molecule has 1 saturated heterocycles. The summed E-state index contributed by atoms with van der Waals surface area (Å²) in [6, 6.07) is 12.0. The molecule has 1 aliphatic rings. The van der Waals surface area contributed by atoms with Gasteiger partial charge >= 0.3 is 0 Å². The molecule has 1 fully saturated rings. The molecule has 3 heterocycles. The number of rotatable bonds is 4. The highest BCUT2D eigenvalue weighted by atomic mass is 32.1. The minimum atomic E-state index is 0.0529. The van der Waals surface area contributed by atoms with Crippen molar-refractivity contribution in [1.29, 1.82) is 0 Å². The number of H-pyrrole nitrogens is 1. The van der Waals surface area contributed by atoms with Gasteiger partial charge in [-0.25, -0.2) is 0 Å². The number of fused-ring (bicyclic) bond motifs is 1. The molecule has 0 spiro atoms.